The molecule has 0 aromatic heterocycles. The molecule has 2 amide bonds. The van der Waals surface area contributed by atoms with Gasteiger partial charge in [0.15, 0.2) is 0 Å². The van der Waals surface area contributed by atoms with Crippen molar-refractivity contribution in [2.24, 2.45) is 0 Å². The van der Waals surface area contributed by atoms with Crippen LogP contribution in [0.1, 0.15) is 19.3 Å². The second kappa shape index (κ2) is 8.66. The number of carbonyl (C=O) groups is 2. The van der Waals surface area contributed by atoms with E-state index in [0.29, 0.717) is 18.7 Å². The van der Waals surface area contributed by atoms with Gasteiger partial charge in [0.25, 0.3) is 0 Å². The van der Waals surface area contributed by atoms with Crippen LogP contribution in [0.2, 0.25) is 0 Å². The predicted molar refractivity (Wildman–Crippen MR) is 76.7 cm³/mol. The molecule has 0 spiro atoms. The molecule has 104 valence electrons. The summed E-state index contributed by atoms with van der Waals surface area (Å²) in [6, 6.07) is 6.97. The maximum absolute atomic E-state index is 11.5. The Morgan fingerprint density at radius 1 is 1.05 bits per heavy atom. The van der Waals surface area contributed by atoms with Gasteiger partial charge in [0.2, 0.25) is 0 Å². The monoisotopic (exact) mass is 328 g/mol. The number of unbranched alkanes of at least 4 members (excludes halogenated alkanes) is 2. The second-order valence-corrected chi connectivity index (χ2v) is 4.92. The average molecular weight is 329 g/mol. The molecule has 0 bridgehead atoms. The van der Waals surface area contributed by atoms with E-state index in [0.717, 1.165) is 17.3 Å². The molecule has 0 unspecified atom stereocenters. The number of nitrogens with one attached hydrogen (secondary N) is 2. The van der Waals surface area contributed by atoms with Crippen LogP contribution in [0.5, 0.6) is 0 Å². The van der Waals surface area contributed by atoms with E-state index >= 15 is 0 Å². The number of aliphatic hydroxyl groups excluding tert-OH is 1. The highest BCUT2D eigenvalue weighted by atomic mass is 79.9. The topological polar surface area (TPSA) is 78.4 Å². The molecule has 0 atom stereocenters. The molecule has 1 aromatic rings. The minimum Gasteiger partial charge on any atom is -0.396 e. The SMILES string of the molecule is O=C(NCCCCCO)C(=O)Nc1ccc(Br)cc1. The molecule has 5 nitrogen and oxygen atoms in total. The molecule has 0 aliphatic carbocycles. The molecular weight excluding hydrogens is 312 g/mol. The third kappa shape index (κ3) is 6.35. The molecule has 0 aliphatic heterocycles. The summed E-state index contributed by atoms with van der Waals surface area (Å²) in [6.07, 6.45) is 2.28. The van der Waals surface area contributed by atoms with E-state index in [4.69, 9.17) is 5.11 Å². The number of aliphatic hydroxyl groups is 1. The maximum atomic E-state index is 11.5. The van der Waals surface area contributed by atoms with Crippen LogP contribution >= 0.6 is 15.9 Å². The summed E-state index contributed by atoms with van der Waals surface area (Å²) in [5, 5.41) is 13.6. The minimum absolute atomic E-state index is 0.151. The van der Waals surface area contributed by atoms with E-state index in [1.165, 1.54) is 0 Å². The Labute approximate surface area is 120 Å². The normalized spacial score (nSPS) is 10.0. The Balaban J connectivity index is 2.28. The third-order valence-electron chi connectivity index (χ3n) is 2.43. The van der Waals surface area contributed by atoms with Crippen LogP contribution in [-0.4, -0.2) is 30.1 Å². The molecule has 6 heteroatoms. The zero-order valence-electron chi connectivity index (χ0n) is 10.5. The van der Waals surface area contributed by atoms with Crippen molar-refractivity contribution in [3.05, 3.63) is 28.7 Å². The van der Waals surface area contributed by atoms with E-state index in [1.54, 1.807) is 24.3 Å². The van der Waals surface area contributed by atoms with Crippen LogP contribution < -0.4 is 10.6 Å². The Hall–Kier alpha value is -1.40. The number of hydrogen-bond donors (Lipinski definition) is 3. The molecule has 0 heterocycles. The number of carbonyl (C=O) groups excluding carboxylic acids is 2. The lowest BCUT2D eigenvalue weighted by molar-refractivity contribution is -0.136. The molecule has 19 heavy (non-hydrogen) atoms. The standard InChI is InChI=1S/C13H17BrN2O3/c14-10-4-6-11(7-5-10)16-13(19)12(18)15-8-2-1-3-9-17/h4-7,17H,1-3,8-9H2,(H,15,18)(H,16,19). The summed E-state index contributed by atoms with van der Waals surface area (Å²) in [4.78, 5) is 23.0. The van der Waals surface area contributed by atoms with Gasteiger partial charge in [-0.25, -0.2) is 0 Å². The Morgan fingerprint density at radius 3 is 2.37 bits per heavy atom. The van der Waals surface area contributed by atoms with Gasteiger partial charge < -0.3 is 15.7 Å². The van der Waals surface area contributed by atoms with Crippen molar-refractivity contribution < 1.29 is 14.7 Å². The van der Waals surface area contributed by atoms with Crippen molar-refractivity contribution in [1.82, 2.24) is 5.32 Å². The number of amides is 2. The van der Waals surface area contributed by atoms with Crippen molar-refractivity contribution in [2.45, 2.75) is 19.3 Å². The van der Waals surface area contributed by atoms with Crippen LogP contribution in [-0.2, 0) is 9.59 Å². The first-order chi connectivity index (χ1) is 9.13. The lowest BCUT2D eigenvalue weighted by Gasteiger charge is -2.06. The van der Waals surface area contributed by atoms with E-state index in [1.807, 2.05) is 0 Å². The average Bonchev–Trinajstić information content (AvgIpc) is 2.41. The molecule has 1 aromatic carbocycles. The van der Waals surface area contributed by atoms with Gasteiger partial charge in [-0.2, -0.15) is 0 Å². The highest BCUT2D eigenvalue weighted by molar-refractivity contribution is 9.10. The van der Waals surface area contributed by atoms with Gasteiger partial charge in [0.05, 0.1) is 0 Å². The number of benzene rings is 1. The predicted octanol–water partition coefficient (Wildman–Crippen LogP) is 1.67. The third-order valence-corrected chi connectivity index (χ3v) is 2.96. The summed E-state index contributed by atoms with van der Waals surface area (Å²) >= 11 is 3.29. The molecule has 0 saturated carbocycles. The number of hydrogen-bond acceptors (Lipinski definition) is 3. The maximum Gasteiger partial charge on any atom is 0.313 e. The highest BCUT2D eigenvalue weighted by Gasteiger charge is 2.12. The van der Waals surface area contributed by atoms with Crippen LogP contribution in [0.15, 0.2) is 28.7 Å². The quantitative estimate of drug-likeness (QED) is 0.549. The van der Waals surface area contributed by atoms with Crippen molar-refractivity contribution >= 4 is 33.4 Å². The largest absolute Gasteiger partial charge is 0.396 e. The summed E-state index contributed by atoms with van der Waals surface area (Å²) in [6.45, 7) is 0.588. The van der Waals surface area contributed by atoms with Crippen molar-refractivity contribution in [3.63, 3.8) is 0 Å². The second-order valence-electron chi connectivity index (χ2n) is 4.00. The Morgan fingerprint density at radius 2 is 1.74 bits per heavy atom. The van der Waals surface area contributed by atoms with Crippen LogP contribution in [0.25, 0.3) is 0 Å². The Kier molecular flexibility index (Phi) is 7.14. The first-order valence-corrected chi connectivity index (χ1v) is 6.88. The number of halogens is 1. The molecule has 0 radical (unpaired) electrons. The van der Waals surface area contributed by atoms with E-state index in [-0.39, 0.29) is 6.61 Å². The number of rotatable bonds is 6. The molecule has 0 aliphatic rings. The molecule has 0 fully saturated rings. The lowest BCUT2D eigenvalue weighted by Crippen LogP contribution is -2.35. The molecule has 0 saturated heterocycles. The van der Waals surface area contributed by atoms with Crippen LogP contribution in [0.3, 0.4) is 0 Å². The van der Waals surface area contributed by atoms with E-state index < -0.39 is 11.8 Å². The van der Waals surface area contributed by atoms with Gasteiger partial charge in [0.1, 0.15) is 0 Å². The van der Waals surface area contributed by atoms with Gasteiger partial charge in [-0.1, -0.05) is 15.9 Å². The van der Waals surface area contributed by atoms with Crippen molar-refractivity contribution in [3.8, 4) is 0 Å². The fourth-order valence-corrected chi connectivity index (χ4v) is 1.68. The fourth-order valence-electron chi connectivity index (χ4n) is 1.42. The molecule has 3 N–H and O–H groups in total. The molecular formula is C13H17BrN2O3. The van der Waals surface area contributed by atoms with Crippen molar-refractivity contribution in [1.29, 1.82) is 0 Å². The lowest BCUT2D eigenvalue weighted by atomic mass is 10.2. The summed E-state index contributed by atoms with van der Waals surface area (Å²) in [5.74, 6) is -1.32. The Bertz CT molecular complexity index is 420. The highest BCUT2D eigenvalue weighted by Crippen LogP contribution is 2.13. The van der Waals surface area contributed by atoms with Gasteiger partial charge in [-0.15, -0.1) is 0 Å². The smallest absolute Gasteiger partial charge is 0.313 e. The van der Waals surface area contributed by atoms with Gasteiger partial charge in [0, 0.05) is 23.3 Å². The van der Waals surface area contributed by atoms with Gasteiger partial charge in [-0.05, 0) is 43.5 Å². The first-order valence-electron chi connectivity index (χ1n) is 6.09. The van der Waals surface area contributed by atoms with Gasteiger partial charge in [-0.3, -0.25) is 9.59 Å². The molecule has 1 rings (SSSR count). The van der Waals surface area contributed by atoms with E-state index in [9.17, 15) is 9.59 Å². The minimum atomic E-state index is -0.676. The summed E-state index contributed by atoms with van der Waals surface area (Å²) < 4.78 is 0.902. The fraction of sp³-hybridized carbons (Fsp3) is 0.385. The summed E-state index contributed by atoms with van der Waals surface area (Å²) in [7, 11) is 0. The number of anilines is 1. The van der Waals surface area contributed by atoms with Crippen LogP contribution in [0.4, 0.5) is 5.69 Å². The van der Waals surface area contributed by atoms with Crippen molar-refractivity contribution in [2.75, 3.05) is 18.5 Å². The van der Waals surface area contributed by atoms with Crippen LogP contribution in [0, 0.1) is 0 Å². The van der Waals surface area contributed by atoms with Gasteiger partial charge >= 0.3 is 11.8 Å². The van der Waals surface area contributed by atoms with E-state index in [2.05, 4.69) is 26.6 Å². The first kappa shape index (κ1) is 15.7. The zero-order chi connectivity index (χ0) is 14.1. The summed E-state index contributed by atoms with van der Waals surface area (Å²) in [5.41, 5.74) is 0.573. The zero-order valence-corrected chi connectivity index (χ0v) is 12.1.